The number of amides is 1. The normalized spacial score (nSPS) is 25.2. The van der Waals surface area contributed by atoms with Crippen molar-refractivity contribution in [2.45, 2.75) is 70.4 Å². The van der Waals surface area contributed by atoms with Crippen molar-refractivity contribution in [2.75, 3.05) is 19.6 Å². The molecule has 1 unspecified atom stereocenters. The highest BCUT2D eigenvalue weighted by Gasteiger charge is 2.35. The molecule has 0 spiro atoms. The Morgan fingerprint density at radius 1 is 1.12 bits per heavy atom. The molecule has 2 heterocycles. The third-order valence-electron chi connectivity index (χ3n) is 6.45. The molecule has 1 aromatic rings. The van der Waals surface area contributed by atoms with Crippen LogP contribution in [0.5, 0.6) is 0 Å². The number of hydrogen-bond acceptors (Lipinski definition) is 3. The van der Waals surface area contributed by atoms with E-state index in [1.807, 2.05) is 12.3 Å². The van der Waals surface area contributed by atoms with E-state index >= 15 is 0 Å². The SMILES string of the molecule is O=C(C1CC1)N(Cc1cccnc1)CC1CCCN(C2CCCCC2)C1. The van der Waals surface area contributed by atoms with Gasteiger partial charge in [-0.2, -0.15) is 0 Å². The second-order valence-corrected chi connectivity index (χ2v) is 8.65. The lowest BCUT2D eigenvalue weighted by molar-refractivity contribution is -0.134. The number of rotatable bonds is 6. The van der Waals surface area contributed by atoms with Crippen LogP contribution in [-0.4, -0.2) is 46.4 Å². The number of piperidine rings is 1. The van der Waals surface area contributed by atoms with Crippen molar-refractivity contribution in [3.63, 3.8) is 0 Å². The van der Waals surface area contributed by atoms with Crippen LogP contribution in [0, 0.1) is 11.8 Å². The average Bonchev–Trinajstić information content (AvgIpc) is 3.54. The predicted molar refractivity (Wildman–Crippen MR) is 104 cm³/mol. The Hall–Kier alpha value is -1.42. The van der Waals surface area contributed by atoms with Crippen LogP contribution in [0.15, 0.2) is 24.5 Å². The Morgan fingerprint density at radius 3 is 2.69 bits per heavy atom. The summed E-state index contributed by atoms with van der Waals surface area (Å²) in [5.74, 6) is 1.30. The second kappa shape index (κ2) is 8.51. The number of likely N-dealkylation sites (tertiary alicyclic amines) is 1. The van der Waals surface area contributed by atoms with Gasteiger partial charge >= 0.3 is 0 Å². The Labute approximate surface area is 158 Å². The molecule has 142 valence electrons. The minimum Gasteiger partial charge on any atom is -0.338 e. The first-order valence-electron chi connectivity index (χ1n) is 10.7. The fourth-order valence-electron chi connectivity index (χ4n) is 4.87. The minimum atomic E-state index is 0.296. The van der Waals surface area contributed by atoms with Crippen LogP contribution < -0.4 is 0 Å². The molecule has 0 aromatic carbocycles. The Morgan fingerprint density at radius 2 is 1.96 bits per heavy atom. The quantitative estimate of drug-likeness (QED) is 0.777. The van der Waals surface area contributed by atoms with E-state index in [4.69, 9.17) is 0 Å². The Bertz CT molecular complexity index is 580. The third-order valence-corrected chi connectivity index (χ3v) is 6.45. The van der Waals surface area contributed by atoms with Gasteiger partial charge in [-0.1, -0.05) is 25.3 Å². The second-order valence-electron chi connectivity index (χ2n) is 8.65. The largest absolute Gasteiger partial charge is 0.338 e. The van der Waals surface area contributed by atoms with E-state index in [2.05, 4.69) is 20.9 Å². The van der Waals surface area contributed by atoms with Crippen molar-refractivity contribution in [2.24, 2.45) is 11.8 Å². The Kier molecular flexibility index (Phi) is 5.88. The van der Waals surface area contributed by atoms with Crippen molar-refractivity contribution in [3.8, 4) is 0 Å². The summed E-state index contributed by atoms with van der Waals surface area (Å²) >= 11 is 0. The molecular formula is C22H33N3O. The molecule has 2 aliphatic carbocycles. The van der Waals surface area contributed by atoms with E-state index in [0.717, 1.165) is 37.5 Å². The van der Waals surface area contributed by atoms with Crippen LogP contribution >= 0.6 is 0 Å². The van der Waals surface area contributed by atoms with E-state index in [-0.39, 0.29) is 0 Å². The van der Waals surface area contributed by atoms with Crippen LogP contribution in [0.25, 0.3) is 0 Å². The molecule has 1 amide bonds. The molecule has 1 aromatic heterocycles. The fourth-order valence-corrected chi connectivity index (χ4v) is 4.87. The zero-order chi connectivity index (χ0) is 17.8. The van der Waals surface area contributed by atoms with E-state index in [1.165, 1.54) is 58.0 Å². The van der Waals surface area contributed by atoms with Gasteiger partial charge in [0.2, 0.25) is 5.91 Å². The maximum absolute atomic E-state index is 12.9. The predicted octanol–water partition coefficient (Wildman–Crippen LogP) is 3.86. The van der Waals surface area contributed by atoms with Gasteiger partial charge in [0.1, 0.15) is 0 Å². The van der Waals surface area contributed by atoms with Gasteiger partial charge in [-0.25, -0.2) is 0 Å². The lowest BCUT2D eigenvalue weighted by Crippen LogP contribution is -2.47. The molecule has 1 saturated heterocycles. The number of aromatic nitrogens is 1. The lowest BCUT2D eigenvalue weighted by Gasteiger charge is -2.41. The molecule has 1 aliphatic heterocycles. The number of pyridine rings is 1. The zero-order valence-corrected chi connectivity index (χ0v) is 16.0. The van der Waals surface area contributed by atoms with Crippen LogP contribution in [0.1, 0.15) is 63.4 Å². The summed E-state index contributed by atoms with van der Waals surface area (Å²) in [5, 5.41) is 0. The van der Waals surface area contributed by atoms with Gasteiger partial charge in [0.15, 0.2) is 0 Å². The van der Waals surface area contributed by atoms with Gasteiger partial charge in [0, 0.05) is 44.0 Å². The monoisotopic (exact) mass is 355 g/mol. The summed E-state index contributed by atoms with van der Waals surface area (Å²) in [6.07, 6.45) is 15.4. The fraction of sp³-hybridized carbons (Fsp3) is 0.727. The number of hydrogen-bond donors (Lipinski definition) is 0. The highest BCUT2D eigenvalue weighted by atomic mass is 16.2. The molecule has 0 bridgehead atoms. The first-order chi connectivity index (χ1) is 12.8. The summed E-state index contributed by atoms with van der Waals surface area (Å²) in [4.78, 5) is 22.0. The van der Waals surface area contributed by atoms with E-state index in [9.17, 15) is 4.79 Å². The number of carbonyl (C=O) groups is 1. The molecule has 3 aliphatic rings. The van der Waals surface area contributed by atoms with Gasteiger partial charge in [0.25, 0.3) is 0 Å². The van der Waals surface area contributed by atoms with Crippen LogP contribution in [0.2, 0.25) is 0 Å². The molecule has 4 heteroatoms. The van der Waals surface area contributed by atoms with Gasteiger partial charge in [0.05, 0.1) is 0 Å². The zero-order valence-electron chi connectivity index (χ0n) is 16.0. The average molecular weight is 356 g/mol. The lowest BCUT2D eigenvalue weighted by atomic mass is 9.90. The summed E-state index contributed by atoms with van der Waals surface area (Å²) in [6, 6.07) is 4.87. The third kappa shape index (κ3) is 4.64. The molecule has 0 N–H and O–H groups in total. The number of nitrogens with zero attached hydrogens (tertiary/aromatic N) is 3. The Balaban J connectivity index is 1.38. The van der Waals surface area contributed by atoms with Gasteiger partial charge in [-0.05, 0) is 62.6 Å². The van der Waals surface area contributed by atoms with Crippen molar-refractivity contribution in [1.29, 1.82) is 0 Å². The van der Waals surface area contributed by atoms with E-state index in [1.54, 1.807) is 6.20 Å². The molecule has 1 atom stereocenters. The van der Waals surface area contributed by atoms with Crippen molar-refractivity contribution in [1.82, 2.24) is 14.8 Å². The maximum atomic E-state index is 12.9. The molecule has 4 rings (SSSR count). The minimum absolute atomic E-state index is 0.296. The smallest absolute Gasteiger partial charge is 0.225 e. The number of carbonyl (C=O) groups excluding carboxylic acids is 1. The molecule has 4 nitrogen and oxygen atoms in total. The van der Waals surface area contributed by atoms with Crippen molar-refractivity contribution in [3.05, 3.63) is 30.1 Å². The first-order valence-corrected chi connectivity index (χ1v) is 10.7. The van der Waals surface area contributed by atoms with Crippen LogP contribution in [-0.2, 0) is 11.3 Å². The standard InChI is InChI=1S/C22H33N3O/c26-22(20-10-11-20)25(15-18-6-4-12-23-14-18)17-19-7-5-13-24(16-19)21-8-2-1-3-9-21/h4,6,12,14,19-21H,1-3,5,7-11,13,15-17H2. The highest BCUT2D eigenvalue weighted by molar-refractivity contribution is 5.81. The summed E-state index contributed by atoms with van der Waals surface area (Å²) in [6.45, 7) is 4.10. The topological polar surface area (TPSA) is 36.4 Å². The molecular weight excluding hydrogens is 322 g/mol. The van der Waals surface area contributed by atoms with E-state index in [0.29, 0.717) is 17.7 Å². The summed E-state index contributed by atoms with van der Waals surface area (Å²) in [7, 11) is 0. The molecule has 2 saturated carbocycles. The first kappa shape index (κ1) is 18.0. The maximum Gasteiger partial charge on any atom is 0.225 e. The van der Waals surface area contributed by atoms with Gasteiger partial charge in [-0.3, -0.25) is 9.78 Å². The highest BCUT2D eigenvalue weighted by Crippen LogP contribution is 2.33. The summed E-state index contributed by atoms with van der Waals surface area (Å²) in [5.41, 5.74) is 1.15. The molecule has 0 radical (unpaired) electrons. The van der Waals surface area contributed by atoms with Gasteiger partial charge in [-0.15, -0.1) is 0 Å². The van der Waals surface area contributed by atoms with Crippen molar-refractivity contribution < 1.29 is 4.79 Å². The van der Waals surface area contributed by atoms with Crippen molar-refractivity contribution >= 4 is 5.91 Å². The van der Waals surface area contributed by atoms with Crippen LogP contribution in [0.3, 0.4) is 0 Å². The van der Waals surface area contributed by atoms with E-state index < -0.39 is 0 Å². The molecule has 26 heavy (non-hydrogen) atoms. The summed E-state index contributed by atoms with van der Waals surface area (Å²) < 4.78 is 0. The molecule has 3 fully saturated rings. The van der Waals surface area contributed by atoms with Crippen LogP contribution in [0.4, 0.5) is 0 Å². The van der Waals surface area contributed by atoms with Gasteiger partial charge < -0.3 is 9.80 Å².